The third-order valence-electron chi connectivity index (χ3n) is 3.40. The summed E-state index contributed by atoms with van der Waals surface area (Å²) in [4.78, 5) is 14.0. The largest absolute Gasteiger partial charge is 0.383 e. The van der Waals surface area contributed by atoms with Crippen LogP contribution >= 0.6 is 23.7 Å². The Morgan fingerprint density at radius 1 is 1.14 bits per heavy atom. The zero-order chi connectivity index (χ0) is 14.3. The van der Waals surface area contributed by atoms with E-state index in [1.54, 1.807) is 11.3 Å². The molecule has 7 heteroatoms. The molecule has 21 heavy (non-hydrogen) atoms. The van der Waals surface area contributed by atoms with Crippen molar-refractivity contribution in [1.82, 2.24) is 15.0 Å². The van der Waals surface area contributed by atoms with E-state index in [9.17, 15) is 0 Å². The Hall–Kier alpha value is -1.92. The first kappa shape index (κ1) is 15.5. The van der Waals surface area contributed by atoms with Crippen LogP contribution in [0.25, 0.3) is 11.0 Å². The van der Waals surface area contributed by atoms with Crippen LogP contribution in [-0.4, -0.2) is 15.0 Å². The number of nitrogens with zero attached hydrogens (tertiary/aromatic N) is 3. The number of aromatic nitrogens is 3. The number of thiophene rings is 1. The van der Waals surface area contributed by atoms with Crippen molar-refractivity contribution in [1.29, 1.82) is 0 Å². The lowest BCUT2D eigenvalue weighted by Gasteiger charge is -2.12. The van der Waals surface area contributed by atoms with Crippen molar-refractivity contribution in [3.05, 3.63) is 39.2 Å². The second-order valence-corrected chi connectivity index (χ2v) is 5.75. The van der Waals surface area contributed by atoms with Crippen LogP contribution in [-0.2, 0) is 6.42 Å². The zero-order valence-corrected chi connectivity index (χ0v) is 13.4. The molecule has 0 aliphatic heterocycles. The minimum Gasteiger partial charge on any atom is -0.383 e. The van der Waals surface area contributed by atoms with Gasteiger partial charge in [-0.3, -0.25) is 0 Å². The van der Waals surface area contributed by atoms with Crippen LogP contribution in [0.4, 0.5) is 11.8 Å². The minimum absolute atomic E-state index is 0. The molecule has 3 aromatic heterocycles. The number of fused-ring (bicyclic) bond motifs is 1. The van der Waals surface area contributed by atoms with Gasteiger partial charge in [-0.05, 0) is 36.4 Å². The van der Waals surface area contributed by atoms with Gasteiger partial charge in [0.2, 0.25) is 5.95 Å². The minimum atomic E-state index is 0. The average Bonchev–Trinajstić information content (AvgIpc) is 2.86. The van der Waals surface area contributed by atoms with Crippen molar-refractivity contribution in [2.75, 3.05) is 11.5 Å². The summed E-state index contributed by atoms with van der Waals surface area (Å²) >= 11 is 1.74. The lowest BCUT2D eigenvalue weighted by molar-refractivity contribution is 1.07. The summed E-state index contributed by atoms with van der Waals surface area (Å²) < 4.78 is 0. The molecule has 0 spiro atoms. The maximum atomic E-state index is 5.98. The van der Waals surface area contributed by atoms with Gasteiger partial charge in [-0.1, -0.05) is 6.07 Å². The van der Waals surface area contributed by atoms with Crippen LogP contribution in [0.3, 0.4) is 0 Å². The molecule has 0 unspecified atom stereocenters. The summed E-state index contributed by atoms with van der Waals surface area (Å²) in [5.74, 6) is 0.553. The molecule has 3 aromatic rings. The van der Waals surface area contributed by atoms with Crippen LogP contribution in [0, 0.1) is 13.8 Å². The third-order valence-corrected chi connectivity index (χ3v) is 4.28. The molecule has 0 amide bonds. The maximum Gasteiger partial charge on any atom is 0.224 e. The molecule has 0 aromatic carbocycles. The number of aryl methyl sites for hydroxylation is 2. The van der Waals surface area contributed by atoms with Crippen LogP contribution < -0.4 is 11.5 Å². The van der Waals surface area contributed by atoms with E-state index in [-0.39, 0.29) is 18.4 Å². The fourth-order valence-corrected chi connectivity index (χ4v) is 3.14. The lowest BCUT2D eigenvalue weighted by atomic mass is 10.0. The zero-order valence-electron chi connectivity index (χ0n) is 11.8. The highest BCUT2D eigenvalue weighted by molar-refractivity contribution is 7.09. The first-order valence-electron chi connectivity index (χ1n) is 6.27. The molecule has 110 valence electrons. The molecule has 0 saturated heterocycles. The second-order valence-electron chi connectivity index (χ2n) is 4.72. The SMILES string of the molecule is Cc1nc2nc(N)nc(N)c2c(C)c1Cc1cccs1.Cl. The van der Waals surface area contributed by atoms with Crippen LogP contribution in [0.1, 0.15) is 21.7 Å². The first-order valence-corrected chi connectivity index (χ1v) is 7.15. The Labute approximate surface area is 132 Å². The van der Waals surface area contributed by atoms with Gasteiger partial charge < -0.3 is 11.5 Å². The number of nitrogens with two attached hydrogens (primary N) is 2. The van der Waals surface area contributed by atoms with Gasteiger partial charge in [0.25, 0.3) is 0 Å². The van der Waals surface area contributed by atoms with Gasteiger partial charge in [-0.25, -0.2) is 4.98 Å². The van der Waals surface area contributed by atoms with E-state index < -0.39 is 0 Å². The molecule has 0 fully saturated rings. The maximum absolute atomic E-state index is 5.98. The van der Waals surface area contributed by atoms with Crippen molar-refractivity contribution in [3.63, 3.8) is 0 Å². The van der Waals surface area contributed by atoms with Gasteiger partial charge in [-0.15, -0.1) is 23.7 Å². The molecular formula is C14H16ClN5S. The van der Waals surface area contributed by atoms with Gasteiger partial charge in [0.05, 0.1) is 5.39 Å². The van der Waals surface area contributed by atoms with Gasteiger partial charge in [0, 0.05) is 17.0 Å². The van der Waals surface area contributed by atoms with Crippen molar-refractivity contribution in [3.8, 4) is 0 Å². The molecule has 3 rings (SSSR count). The summed E-state index contributed by atoms with van der Waals surface area (Å²) in [5, 5.41) is 2.88. The smallest absolute Gasteiger partial charge is 0.224 e. The normalized spacial score (nSPS) is 10.6. The molecule has 0 saturated carbocycles. The second kappa shape index (κ2) is 5.83. The monoisotopic (exact) mass is 321 g/mol. The highest BCUT2D eigenvalue weighted by atomic mass is 35.5. The summed E-state index contributed by atoms with van der Waals surface area (Å²) in [5.41, 5.74) is 15.4. The summed E-state index contributed by atoms with van der Waals surface area (Å²) in [6.45, 7) is 4.03. The molecule has 0 radical (unpaired) electrons. The molecular weight excluding hydrogens is 306 g/mol. The molecule has 5 nitrogen and oxygen atoms in total. The highest BCUT2D eigenvalue weighted by Gasteiger charge is 2.14. The molecule has 0 aliphatic rings. The Kier molecular flexibility index (Phi) is 4.29. The Bertz CT molecular complexity index is 786. The van der Waals surface area contributed by atoms with Gasteiger partial charge in [-0.2, -0.15) is 9.97 Å². The number of anilines is 2. The Morgan fingerprint density at radius 2 is 1.90 bits per heavy atom. The molecule has 4 N–H and O–H groups in total. The number of pyridine rings is 1. The van der Waals surface area contributed by atoms with Gasteiger partial charge in [0.15, 0.2) is 5.65 Å². The van der Waals surface area contributed by atoms with Crippen LogP contribution in [0.5, 0.6) is 0 Å². The number of halogens is 1. The number of hydrogen-bond acceptors (Lipinski definition) is 6. The third kappa shape index (κ3) is 2.77. The lowest BCUT2D eigenvalue weighted by Crippen LogP contribution is -2.06. The summed E-state index contributed by atoms with van der Waals surface area (Å²) in [6.07, 6.45) is 0.849. The van der Waals surface area contributed by atoms with E-state index in [0.717, 1.165) is 23.1 Å². The van der Waals surface area contributed by atoms with Gasteiger partial charge >= 0.3 is 0 Å². The standard InChI is InChI=1S/C14H15N5S.ClH/c1-7-10(6-9-4-3-5-20-9)8(2)17-13-11(7)12(15)18-14(16)19-13;/h3-5H,6H2,1-2H3,(H4,15,16,17,18,19);1H. The van der Waals surface area contributed by atoms with Crippen molar-refractivity contribution < 1.29 is 0 Å². The van der Waals surface area contributed by atoms with Crippen molar-refractivity contribution in [2.45, 2.75) is 20.3 Å². The molecule has 0 atom stereocenters. The predicted octanol–water partition coefficient (Wildman–Crippen LogP) is 2.88. The van der Waals surface area contributed by atoms with E-state index >= 15 is 0 Å². The average molecular weight is 322 g/mol. The topological polar surface area (TPSA) is 90.7 Å². The van der Waals surface area contributed by atoms with Crippen LogP contribution in [0.15, 0.2) is 17.5 Å². The van der Waals surface area contributed by atoms with Crippen molar-refractivity contribution >= 4 is 46.5 Å². The number of hydrogen-bond donors (Lipinski definition) is 2. The highest BCUT2D eigenvalue weighted by Crippen LogP contribution is 2.28. The first-order chi connectivity index (χ1) is 9.56. The molecule has 0 aliphatic carbocycles. The Morgan fingerprint density at radius 3 is 2.57 bits per heavy atom. The van der Waals surface area contributed by atoms with E-state index in [4.69, 9.17) is 11.5 Å². The van der Waals surface area contributed by atoms with Crippen LogP contribution in [0.2, 0.25) is 0 Å². The number of nitrogen functional groups attached to an aromatic ring is 2. The van der Waals surface area contributed by atoms with E-state index in [0.29, 0.717) is 11.5 Å². The quantitative estimate of drug-likeness (QED) is 0.757. The predicted molar refractivity (Wildman–Crippen MR) is 90.0 cm³/mol. The fraction of sp³-hybridized carbons (Fsp3) is 0.214. The van der Waals surface area contributed by atoms with E-state index in [2.05, 4.69) is 32.5 Å². The summed E-state index contributed by atoms with van der Waals surface area (Å²) in [6, 6.07) is 4.17. The molecule has 3 heterocycles. The fourth-order valence-electron chi connectivity index (χ4n) is 2.42. The number of rotatable bonds is 2. The molecule has 0 bridgehead atoms. The van der Waals surface area contributed by atoms with Crippen molar-refractivity contribution in [2.24, 2.45) is 0 Å². The van der Waals surface area contributed by atoms with E-state index in [1.807, 2.05) is 13.8 Å². The Balaban J connectivity index is 0.00000161. The van der Waals surface area contributed by atoms with E-state index in [1.165, 1.54) is 10.4 Å². The van der Waals surface area contributed by atoms with Gasteiger partial charge in [0.1, 0.15) is 5.82 Å². The summed E-state index contributed by atoms with van der Waals surface area (Å²) in [7, 11) is 0.